The smallest absolute Gasteiger partial charge is 0.277 e. The van der Waals surface area contributed by atoms with E-state index in [1.165, 1.54) is 25.3 Å². The zero-order valence-electron chi connectivity index (χ0n) is 16.3. The Morgan fingerprint density at radius 3 is 2.64 bits per heavy atom. The Labute approximate surface area is 163 Å². The number of carbonyl (C=O) groups is 3. The lowest BCUT2D eigenvalue weighted by atomic mass is 10.1. The number of nitrogens with one attached hydrogen (secondary N) is 1. The van der Waals surface area contributed by atoms with Crippen molar-refractivity contribution in [3.05, 3.63) is 17.7 Å². The molecule has 0 spiro atoms. The van der Waals surface area contributed by atoms with Crippen molar-refractivity contribution in [3.8, 4) is 11.5 Å². The molecule has 152 valence electrons. The summed E-state index contributed by atoms with van der Waals surface area (Å²) in [5.41, 5.74) is 0.629. The zero-order valence-corrected chi connectivity index (χ0v) is 16.3. The standard InChI is InChI=1S/C19H25N3O6/c1-4-21-11-13(10-16(21)23)18(24)20-14-8-12(9-15(26-2)17(14)27-3)19(25)22-6-5-7-28-22/h8-9,13H,4-7,10-11H2,1-3H3,(H,20,24). The number of nitrogens with zero attached hydrogens (tertiary/aromatic N) is 2. The van der Waals surface area contributed by atoms with E-state index >= 15 is 0 Å². The van der Waals surface area contributed by atoms with Gasteiger partial charge >= 0.3 is 0 Å². The molecule has 1 aromatic carbocycles. The van der Waals surface area contributed by atoms with Gasteiger partial charge in [-0.2, -0.15) is 0 Å². The van der Waals surface area contributed by atoms with E-state index in [4.69, 9.17) is 14.3 Å². The fourth-order valence-electron chi connectivity index (χ4n) is 3.42. The molecule has 1 N–H and O–H groups in total. The molecule has 0 saturated carbocycles. The van der Waals surface area contributed by atoms with Gasteiger partial charge in [-0.3, -0.25) is 19.2 Å². The summed E-state index contributed by atoms with van der Waals surface area (Å²) in [6.45, 7) is 3.82. The van der Waals surface area contributed by atoms with Crippen molar-refractivity contribution < 1.29 is 28.7 Å². The van der Waals surface area contributed by atoms with Crippen LogP contribution in [0.4, 0.5) is 5.69 Å². The summed E-state index contributed by atoms with van der Waals surface area (Å²) in [6.07, 6.45) is 0.936. The first-order chi connectivity index (χ1) is 13.5. The summed E-state index contributed by atoms with van der Waals surface area (Å²) in [5, 5.41) is 4.09. The monoisotopic (exact) mass is 391 g/mol. The predicted molar refractivity (Wildman–Crippen MR) is 100 cm³/mol. The Balaban J connectivity index is 1.86. The molecular formula is C19H25N3O6. The second kappa shape index (κ2) is 8.47. The maximum absolute atomic E-state index is 12.7. The third kappa shape index (κ3) is 3.89. The predicted octanol–water partition coefficient (Wildman–Crippen LogP) is 1.29. The van der Waals surface area contributed by atoms with Gasteiger partial charge in [0, 0.05) is 25.1 Å². The van der Waals surface area contributed by atoms with Crippen LogP contribution < -0.4 is 14.8 Å². The fraction of sp³-hybridized carbons (Fsp3) is 0.526. The van der Waals surface area contributed by atoms with Gasteiger partial charge in [0.15, 0.2) is 11.5 Å². The third-order valence-corrected chi connectivity index (χ3v) is 4.93. The number of rotatable bonds is 6. The topological polar surface area (TPSA) is 97.4 Å². The number of anilines is 1. The first kappa shape index (κ1) is 19.9. The summed E-state index contributed by atoms with van der Waals surface area (Å²) in [6, 6.07) is 3.09. The van der Waals surface area contributed by atoms with Crippen molar-refractivity contribution in [2.24, 2.45) is 5.92 Å². The highest BCUT2D eigenvalue weighted by Crippen LogP contribution is 2.37. The molecule has 1 aromatic rings. The van der Waals surface area contributed by atoms with Crippen LogP contribution in [0.25, 0.3) is 0 Å². The molecule has 9 heteroatoms. The quantitative estimate of drug-likeness (QED) is 0.785. The zero-order chi connectivity index (χ0) is 20.3. The number of hydroxylamine groups is 2. The molecule has 0 aromatic heterocycles. The van der Waals surface area contributed by atoms with Crippen molar-refractivity contribution >= 4 is 23.4 Å². The van der Waals surface area contributed by atoms with E-state index in [0.717, 1.165) is 6.42 Å². The van der Waals surface area contributed by atoms with Crippen molar-refractivity contribution in [1.82, 2.24) is 9.96 Å². The van der Waals surface area contributed by atoms with E-state index in [0.29, 0.717) is 49.0 Å². The molecule has 2 fully saturated rings. The van der Waals surface area contributed by atoms with Gasteiger partial charge in [0.05, 0.1) is 39.0 Å². The van der Waals surface area contributed by atoms with Crippen molar-refractivity contribution in [3.63, 3.8) is 0 Å². The number of benzene rings is 1. The van der Waals surface area contributed by atoms with Crippen molar-refractivity contribution in [2.75, 3.05) is 45.8 Å². The minimum Gasteiger partial charge on any atom is -0.493 e. The van der Waals surface area contributed by atoms with Gasteiger partial charge in [-0.25, -0.2) is 5.06 Å². The summed E-state index contributed by atoms with van der Waals surface area (Å²) in [7, 11) is 2.91. The number of hydrogen-bond acceptors (Lipinski definition) is 6. The highest BCUT2D eigenvalue weighted by molar-refractivity contribution is 6.01. The second-order valence-electron chi connectivity index (χ2n) is 6.68. The van der Waals surface area contributed by atoms with Crippen LogP contribution in [0.15, 0.2) is 12.1 Å². The maximum atomic E-state index is 12.7. The van der Waals surface area contributed by atoms with Crippen molar-refractivity contribution in [1.29, 1.82) is 0 Å². The van der Waals surface area contributed by atoms with Crippen LogP contribution in [0.2, 0.25) is 0 Å². The van der Waals surface area contributed by atoms with Crippen LogP contribution in [0, 0.1) is 5.92 Å². The van der Waals surface area contributed by atoms with Crippen LogP contribution in [0.3, 0.4) is 0 Å². The normalized spacial score (nSPS) is 19.1. The average Bonchev–Trinajstić information content (AvgIpc) is 3.36. The van der Waals surface area contributed by atoms with Gasteiger partial charge in [0.1, 0.15) is 0 Å². The first-order valence-electron chi connectivity index (χ1n) is 9.27. The molecule has 0 radical (unpaired) electrons. The lowest BCUT2D eigenvalue weighted by Crippen LogP contribution is -2.28. The van der Waals surface area contributed by atoms with Gasteiger partial charge < -0.3 is 19.7 Å². The molecule has 3 rings (SSSR count). The summed E-state index contributed by atoms with van der Waals surface area (Å²) in [4.78, 5) is 44.3. The maximum Gasteiger partial charge on any atom is 0.277 e. The molecule has 28 heavy (non-hydrogen) atoms. The highest BCUT2D eigenvalue weighted by atomic mass is 16.7. The number of ether oxygens (including phenoxy) is 2. The Hall–Kier alpha value is -2.81. The summed E-state index contributed by atoms with van der Waals surface area (Å²) in [5.74, 6) is -0.479. The van der Waals surface area contributed by atoms with Gasteiger partial charge in [-0.1, -0.05) is 0 Å². The number of methoxy groups -OCH3 is 2. The SMILES string of the molecule is CCN1CC(C(=O)Nc2cc(C(=O)N3CCCO3)cc(OC)c2OC)CC1=O. The van der Waals surface area contributed by atoms with Crippen LogP contribution in [0.1, 0.15) is 30.1 Å². The average molecular weight is 391 g/mol. The van der Waals surface area contributed by atoms with Crippen LogP contribution in [-0.4, -0.2) is 68.1 Å². The highest BCUT2D eigenvalue weighted by Gasteiger charge is 2.34. The molecular weight excluding hydrogens is 366 g/mol. The Morgan fingerprint density at radius 2 is 2.07 bits per heavy atom. The Morgan fingerprint density at radius 1 is 1.29 bits per heavy atom. The minimum atomic E-state index is -0.454. The number of carbonyl (C=O) groups excluding carboxylic acids is 3. The van der Waals surface area contributed by atoms with E-state index in [2.05, 4.69) is 5.32 Å². The molecule has 2 heterocycles. The molecule has 2 saturated heterocycles. The molecule has 3 amide bonds. The number of likely N-dealkylation sites (tertiary alicyclic amines) is 1. The van der Waals surface area contributed by atoms with Gasteiger partial charge in [0.2, 0.25) is 11.8 Å². The second-order valence-corrected chi connectivity index (χ2v) is 6.68. The van der Waals surface area contributed by atoms with Crippen LogP contribution >= 0.6 is 0 Å². The first-order valence-corrected chi connectivity index (χ1v) is 9.27. The lowest BCUT2D eigenvalue weighted by molar-refractivity contribution is -0.128. The number of amides is 3. The van der Waals surface area contributed by atoms with E-state index in [1.807, 2.05) is 6.92 Å². The van der Waals surface area contributed by atoms with Gasteiger partial charge in [-0.15, -0.1) is 0 Å². The fourth-order valence-corrected chi connectivity index (χ4v) is 3.42. The van der Waals surface area contributed by atoms with Crippen LogP contribution in [-0.2, 0) is 14.4 Å². The van der Waals surface area contributed by atoms with Gasteiger partial charge in [-0.05, 0) is 25.5 Å². The molecule has 1 atom stereocenters. The number of hydrogen-bond donors (Lipinski definition) is 1. The Bertz CT molecular complexity index is 775. The van der Waals surface area contributed by atoms with E-state index in [1.54, 1.807) is 11.0 Å². The summed E-state index contributed by atoms with van der Waals surface area (Å²) < 4.78 is 10.7. The van der Waals surface area contributed by atoms with E-state index < -0.39 is 5.92 Å². The van der Waals surface area contributed by atoms with E-state index in [9.17, 15) is 14.4 Å². The molecule has 2 aliphatic heterocycles. The molecule has 2 aliphatic rings. The van der Waals surface area contributed by atoms with Crippen molar-refractivity contribution in [2.45, 2.75) is 19.8 Å². The Kier molecular flexibility index (Phi) is 6.03. The largest absolute Gasteiger partial charge is 0.493 e. The molecule has 1 unspecified atom stereocenters. The van der Waals surface area contributed by atoms with Gasteiger partial charge in [0.25, 0.3) is 5.91 Å². The van der Waals surface area contributed by atoms with E-state index in [-0.39, 0.29) is 24.1 Å². The molecule has 0 bridgehead atoms. The lowest BCUT2D eigenvalue weighted by Gasteiger charge is -2.19. The third-order valence-electron chi connectivity index (χ3n) is 4.93. The minimum absolute atomic E-state index is 0.0395. The van der Waals surface area contributed by atoms with Crippen LogP contribution in [0.5, 0.6) is 11.5 Å². The summed E-state index contributed by atoms with van der Waals surface area (Å²) >= 11 is 0. The molecule has 0 aliphatic carbocycles. The molecule has 9 nitrogen and oxygen atoms in total.